The number of nitriles is 1. The van der Waals surface area contributed by atoms with Gasteiger partial charge >= 0.3 is 0 Å². The summed E-state index contributed by atoms with van der Waals surface area (Å²) in [6.07, 6.45) is 3.59. The molecular weight excluding hydrogens is 236 g/mol. The van der Waals surface area contributed by atoms with Gasteiger partial charge in [0.2, 0.25) is 0 Å². The number of ether oxygens (including phenoxy) is 1. The molecule has 19 heavy (non-hydrogen) atoms. The third-order valence-electron chi connectivity index (χ3n) is 2.90. The summed E-state index contributed by atoms with van der Waals surface area (Å²) in [7, 11) is 0. The van der Waals surface area contributed by atoms with Gasteiger partial charge in [0, 0.05) is 18.5 Å². The highest BCUT2D eigenvalue weighted by Gasteiger charge is 2.03. The van der Waals surface area contributed by atoms with Gasteiger partial charge in [-0.2, -0.15) is 5.26 Å². The van der Waals surface area contributed by atoms with Crippen LogP contribution in [0.15, 0.2) is 18.2 Å². The monoisotopic (exact) mass is 260 g/mol. The highest BCUT2D eigenvalue weighted by atomic mass is 16.5. The summed E-state index contributed by atoms with van der Waals surface area (Å²) in [5, 5.41) is 11.9. The normalized spacial score (nSPS) is 10.2. The zero-order valence-corrected chi connectivity index (χ0v) is 12.0. The average molecular weight is 260 g/mol. The molecule has 1 aromatic rings. The molecule has 0 aliphatic heterocycles. The van der Waals surface area contributed by atoms with E-state index in [1.807, 2.05) is 6.07 Å². The lowest BCUT2D eigenvalue weighted by Crippen LogP contribution is -2.15. The van der Waals surface area contributed by atoms with Gasteiger partial charge in [-0.1, -0.05) is 24.6 Å². The van der Waals surface area contributed by atoms with Gasteiger partial charge in [-0.05, 0) is 38.8 Å². The SMILES string of the molecule is CCCNCc1cc(C)ccc1OCCCCC#N. The predicted molar refractivity (Wildman–Crippen MR) is 78.1 cm³/mol. The minimum atomic E-state index is 0.613. The highest BCUT2D eigenvalue weighted by molar-refractivity contribution is 5.36. The van der Waals surface area contributed by atoms with Gasteiger partial charge in [0.15, 0.2) is 0 Å². The van der Waals surface area contributed by atoms with Crippen molar-refractivity contribution < 1.29 is 4.74 Å². The van der Waals surface area contributed by atoms with E-state index in [9.17, 15) is 0 Å². The molecule has 0 spiro atoms. The standard InChI is InChI=1S/C16H24N2O/c1-3-10-18-13-15-12-14(2)7-8-16(15)19-11-6-4-5-9-17/h7-8,12,18H,3-6,10-11,13H2,1-2H3. The Hall–Kier alpha value is -1.53. The molecule has 0 fully saturated rings. The van der Waals surface area contributed by atoms with E-state index in [1.54, 1.807) is 0 Å². The number of nitrogens with zero attached hydrogens (tertiary/aromatic N) is 1. The molecule has 3 heteroatoms. The maximum atomic E-state index is 8.48. The van der Waals surface area contributed by atoms with Gasteiger partial charge in [-0.3, -0.25) is 0 Å². The molecule has 0 amide bonds. The topological polar surface area (TPSA) is 45.0 Å². The number of hydrogen-bond acceptors (Lipinski definition) is 3. The Bertz CT molecular complexity index is 410. The van der Waals surface area contributed by atoms with Gasteiger partial charge in [-0.15, -0.1) is 0 Å². The second-order valence-corrected chi connectivity index (χ2v) is 4.75. The molecule has 0 aromatic heterocycles. The van der Waals surface area contributed by atoms with Gasteiger partial charge in [-0.25, -0.2) is 0 Å². The zero-order valence-electron chi connectivity index (χ0n) is 12.0. The Morgan fingerprint density at radius 2 is 2.16 bits per heavy atom. The second-order valence-electron chi connectivity index (χ2n) is 4.75. The zero-order chi connectivity index (χ0) is 13.9. The van der Waals surface area contributed by atoms with Crippen molar-refractivity contribution in [1.82, 2.24) is 5.32 Å². The van der Waals surface area contributed by atoms with E-state index in [-0.39, 0.29) is 0 Å². The van der Waals surface area contributed by atoms with Crippen LogP contribution in [0.4, 0.5) is 0 Å². The summed E-state index contributed by atoms with van der Waals surface area (Å²) in [5.74, 6) is 0.964. The molecular formula is C16H24N2O. The summed E-state index contributed by atoms with van der Waals surface area (Å²) in [5.41, 5.74) is 2.47. The fourth-order valence-electron chi connectivity index (χ4n) is 1.88. The van der Waals surface area contributed by atoms with Crippen LogP contribution >= 0.6 is 0 Å². The number of benzene rings is 1. The van der Waals surface area contributed by atoms with Crippen molar-refractivity contribution in [1.29, 1.82) is 5.26 Å². The Balaban J connectivity index is 2.48. The van der Waals surface area contributed by atoms with Crippen LogP contribution in [0, 0.1) is 18.3 Å². The maximum Gasteiger partial charge on any atom is 0.123 e. The van der Waals surface area contributed by atoms with Gasteiger partial charge < -0.3 is 10.1 Å². The summed E-state index contributed by atoms with van der Waals surface area (Å²) in [6.45, 7) is 6.82. The molecule has 1 rings (SSSR count). The summed E-state index contributed by atoms with van der Waals surface area (Å²) in [6, 6.07) is 8.45. The molecule has 0 atom stereocenters. The lowest BCUT2D eigenvalue weighted by molar-refractivity contribution is 0.303. The minimum absolute atomic E-state index is 0.613. The van der Waals surface area contributed by atoms with Crippen LogP contribution in [-0.4, -0.2) is 13.2 Å². The smallest absolute Gasteiger partial charge is 0.123 e. The molecule has 104 valence electrons. The molecule has 0 unspecified atom stereocenters. The van der Waals surface area contributed by atoms with Crippen LogP contribution in [0.5, 0.6) is 5.75 Å². The molecule has 0 heterocycles. The highest BCUT2D eigenvalue weighted by Crippen LogP contribution is 2.20. The van der Waals surface area contributed by atoms with Crippen molar-refractivity contribution >= 4 is 0 Å². The van der Waals surface area contributed by atoms with Crippen molar-refractivity contribution in [3.05, 3.63) is 29.3 Å². The molecule has 0 saturated carbocycles. The number of rotatable bonds is 9. The molecule has 1 aromatic carbocycles. The fraction of sp³-hybridized carbons (Fsp3) is 0.562. The van der Waals surface area contributed by atoms with Crippen LogP contribution in [0.1, 0.15) is 43.7 Å². The number of unbranched alkanes of at least 4 members (excludes halogenated alkanes) is 2. The van der Waals surface area contributed by atoms with Crippen molar-refractivity contribution in [2.24, 2.45) is 0 Å². The van der Waals surface area contributed by atoms with Crippen LogP contribution in [0.25, 0.3) is 0 Å². The van der Waals surface area contributed by atoms with E-state index in [2.05, 4.69) is 37.4 Å². The first kappa shape index (κ1) is 15.5. The summed E-state index contributed by atoms with van der Waals surface area (Å²) >= 11 is 0. The summed E-state index contributed by atoms with van der Waals surface area (Å²) < 4.78 is 5.82. The maximum absolute atomic E-state index is 8.48. The van der Waals surface area contributed by atoms with Gasteiger partial charge in [0.25, 0.3) is 0 Å². The summed E-state index contributed by atoms with van der Waals surface area (Å²) in [4.78, 5) is 0. The minimum Gasteiger partial charge on any atom is -0.493 e. The first-order valence-corrected chi connectivity index (χ1v) is 7.08. The third kappa shape index (κ3) is 6.26. The van der Waals surface area contributed by atoms with Crippen LogP contribution < -0.4 is 10.1 Å². The van der Waals surface area contributed by atoms with Crippen molar-refractivity contribution in [2.75, 3.05) is 13.2 Å². The van der Waals surface area contributed by atoms with E-state index < -0.39 is 0 Å². The lowest BCUT2D eigenvalue weighted by Gasteiger charge is -2.13. The average Bonchev–Trinajstić information content (AvgIpc) is 2.41. The van der Waals surface area contributed by atoms with Crippen LogP contribution in [0.3, 0.4) is 0 Å². The van der Waals surface area contributed by atoms with Crippen LogP contribution in [-0.2, 0) is 6.54 Å². The van der Waals surface area contributed by atoms with Crippen molar-refractivity contribution in [3.63, 3.8) is 0 Å². The van der Waals surface area contributed by atoms with E-state index in [4.69, 9.17) is 10.00 Å². The molecule has 0 bridgehead atoms. The predicted octanol–water partition coefficient (Wildman–Crippen LogP) is 3.57. The Kier molecular flexibility index (Phi) is 7.69. The molecule has 0 saturated heterocycles. The Morgan fingerprint density at radius 3 is 2.89 bits per heavy atom. The molecule has 0 radical (unpaired) electrons. The van der Waals surface area contributed by atoms with E-state index in [1.165, 1.54) is 11.1 Å². The van der Waals surface area contributed by atoms with Gasteiger partial charge in [0.05, 0.1) is 12.7 Å². The van der Waals surface area contributed by atoms with Crippen molar-refractivity contribution in [3.8, 4) is 11.8 Å². The number of hydrogen-bond donors (Lipinski definition) is 1. The van der Waals surface area contributed by atoms with E-state index >= 15 is 0 Å². The Morgan fingerprint density at radius 1 is 1.32 bits per heavy atom. The van der Waals surface area contributed by atoms with E-state index in [0.29, 0.717) is 13.0 Å². The number of nitrogens with one attached hydrogen (secondary N) is 1. The molecule has 1 N–H and O–H groups in total. The Labute approximate surface area is 116 Å². The first-order valence-electron chi connectivity index (χ1n) is 7.08. The second kappa shape index (κ2) is 9.41. The molecule has 0 aliphatic rings. The van der Waals surface area contributed by atoms with Gasteiger partial charge in [0.1, 0.15) is 5.75 Å². The van der Waals surface area contributed by atoms with Crippen LogP contribution in [0.2, 0.25) is 0 Å². The largest absolute Gasteiger partial charge is 0.493 e. The number of aryl methyl sites for hydroxylation is 1. The van der Waals surface area contributed by atoms with Crippen molar-refractivity contribution in [2.45, 2.75) is 46.1 Å². The molecule has 0 aliphatic carbocycles. The van der Waals surface area contributed by atoms with E-state index in [0.717, 1.165) is 38.1 Å². The lowest BCUT2D eigenvalue weighted by atomic mass is 10.1. The molecule has 3 nitrogen and oxygen atoms in total. The fourth-order valence-corrected chi connectivity index (χ4v) is 1.88. The first-order chi connectivity index (χ1) is 9.27. The quantitative estimate of drug-likeness (QED) is 0.690. The third-order valence-corrected chi connectivity index (χ3v) is 2.90.